The van der Waals surface area contributed by atoms with Crippen LogP contribution in [0.25, 0.3) is 22.0 Å². The molecule has 3 N–H and O–H groups in total. The predicted octanol–water partition coefficient (Wildman–Crippen LogP) is 7.05. The lowest BCUT2D eigenvalue weighted by Gasteiger charge is -2.13. The number of aryl methyl sites for hydroxylation is 1. The summed E-state index contributed by atoms with van der Waals surface area (Å²) < 4.78 is 6.00. The summed E-state index contributed by atoms with van der Waals surface area (Å²) in [4.78, 5) is 17.6. The van der Waals surface area contributed by atoms with Gasteiger partial charge >= 0.3 is 0 Å². The molecule has 0 unspecified atom stereocenters. The Kier molecular flexibility index (Phi) is 7.52. The van der Waals surface area contributed by atoms with Crippen LogP contribution in [0.15, 0.2) is 103 Å². The van der Waals surface area contributed by atoms with Crippen LogP contribution in [0.1, 0.15) is 21.6 Å². The first-order valence-electron chi connectivity index (χ1n) is 11.4. The number of rotatable bonds is 6. The molecule has 1 aromatic heterocycles. The van der Waals surface area contributed by atoms with E-state index >= 15 is 0 Å². The molecule has 0 aliphatic rings. The normalized spacial score (nSPS) is 10.5. The lowest BCUT2D eigenvalue weighted by Crippen LogP contribution is -2.15. The Morgan fingerprint density at radius 1 is 0.861 bits per heavy atom. The van der Waals surface area contributed by atoms with Crippen LogP contribution in [0.2, 0.25) is 0 Å². The minimum atomic E-state index is -0.207. The summed E-state index contributed by atoms with van der Waals surface area (Å²) in [6, 6.07) is 33.0. The maximum Gasteiger partial charge on any atom is 0.256 e. The highest BCUT2D eigenvalue weighted by atomic mass is 35.5. The summed E-state index contributed by atoms with van der Waals surface area (Å²) in [7, 11) is 0. The Morgan fingerprint density at radius 2 is 1.56 bits per heavy atom. The molecule has 1 amide bonds. The van der Waals surface area contributed by atoms with Crippen LogP contribution in [0.3, 0.4) is 0 Å². The predicted molar refractivity (Wildman–Crippen MR) is 149 cm³/mol. The molecule has 0 spiro atoms. The summed E-state index contributed by atoms with van der Waals surface area (Å²) in [6.07, 6.45) is 0. The number of ether oxygens (including phenoxy) is 1. The number of nitrogens with one attached hydrogen (secondary N) is 1. The third kappa shape index (κ3) is 5.48. The third-order valence-electron chi connectivity index (χ3n) is 5.84. The van der Waals surface area contributed by atoms with Gasteiger partial charge in [0.05, 0.1) is 5.52 Å². The maximum absolute atomic E-state index is 13.1. The quantitative estimate of drug-likeness (QED) is 0.264. The van der Waals surface area contributed by atoms with Gasteiger partial charge in [-0.15, -0.1) is 12.4 Å². The average molecular weight is 496 g/mol. The first-order chi connectivity index (χ1) is 17.1. The molecule has 5 nitrogen and oxygen atoms in total. The molecule has 36 heavy (non-hydrogen) atoms. The Labute approximate surface area is 216 Å². The molecule has 0 aliphatic carbocycles. The van der Waals surface area contributed by atoms with Crippen LogP contribution in [-0.2, 0) is 6.61 Å². The standard InChI is InChI=1S/C30H25N3O2.ClH/c1-20-17-28(31)27-18-24(13-16-29(27)32-20)33-30(34)26-10-6-5-9-23(26)19-35-25-14-11-22(12-15-25)21-7-3-2-4-8-21;/h2-18H,19H2,1H3,(H2,31,32)(H,33,34);1H. The van der Waals surface area contributed by atoms with Crippen LogP contribution in [0.5, 0.6) is 5.75 Å². The van der Waals surface area contributed by atoms with E-state index in [1.165, 1.54) is 0 Å². The second-order valence-corrected chi connectivity index (χ2v) is 8.38. The minimum Gasteiger partial charge on any atom is -0.489 e. The van der Waals surface area contributed by atoms with Crippen molar-refractivity contribution in [1.82, 2.24) is 4.98 Å². The van der Waals surface area contributed by atoms with Crippen molar-refractivity contribution in [3.8, 4) is 16.9 Å². The number of fused-ring (bicyclic) bond motifs is 1. The number of carbonyl (C=O) groups excluding carboxylic acids is 1. The summed E-state index contributed by atoms with van der Waals surface area (Å²) >= 11 is 0. The average Bonchev–Trinajstić information content (AvgIpc) is 2.89. The maximum atomic E-state index is 13.1. The van der Waals surface area contributed by atoms with Crippen molar-refractivity contribution in [1.29, 1.82) is 0 Å². The summed E-state index contributed by atoms with van der Waals surface area (Å²) in [5.41, 5.74) is 12.7. The fourth-order valence-corrected chi connectivity index (χ4v) is 4.07. The van der Waals surface area contributed by atoms with E-state index in [4.69, 9.17) is 10.5 Å². The summed E-state index contributed by atoms with van der Waals surface area (Å²) in [5.74, 6) is 0.536. The van der Waals surface area contributed by atoms with Crippen molar-refractivity contribution < 1.29 is 9.53 Å². The summed E-state index contributed by atoms with van der Waals surface area (Å²) in [5, 5.41) is 3.79. The molecule has 0 bridgehead atoms. The first-order valence-corrected chi connectivity index (χ1v) is 11.4. The third-order valence-corrected chi connectivity index (χ3v) is 5.84. The van der Waals surface area contributed by atoms with Gasteiger partial charge < -0.3 is 15.8 Å². The van der Waals surface area contributed by atoms with Crippen LogP contribution in [0, 0.1) is 6.92 Å². The van der Waals surface area contributed by atoms with E-state index in [0.717, 1.165) is 39.0 Å². The Balaban J connectivity index is 0.00000304. The number of amides is 1. The second-order valence-electron chi connectivity index (χ2n) is 8.38. The molecule has 0 saturated heterocycles. The smallest absolute Gasteiger partial charge is 0.256 e. The number of hydrogen-bond donors (Lipinski definition) is 2. The Hall–Kier alpha value is -4.35. The number of nitrogens with two attached hydrogens (primary N) is 1. The van der Waals surface area contributed by atoms with Gasteiger partial charge in [-0.25, -0.2) is 0 Å². The van der Waals surface area contributed by atoms with Crippen LogP contribution < -0.4 is 15.8 Å². The summed E-state index contributed by atoms with van der Waals surface area (Å²) in [6.45, 7) is 2.18. The molecule has 0 atom stereocenters. The zero-order chi connectivity index (χ0) is 24.2. The Morgan fingerprint density at radius 3 is 2.33 bits per heavy atom. The molecule has 0 radical (unpaired) electrons. The number of pyridine rings is 1. The van der Waals surface area contributed by atoms with Gasteiger partial charge in [0.15, 0.2) is 0 Å². The van der Waals surface area contributed by atoms with Gasteiger partial charge in [0.1, 0.15) is 12.4 Å². The van der Waals surface area contributed by atoms with Crippen molar-refractivity contribution in [2.45, 2.75) is 13.5 Å². The lowest BCUT2D eigenvalue weighted by atomic mass is 10.1. The van der Waals surface area contributed by atoms with E-state index < -0.39 is 0 Å². The minimum absolute atomic E-state index is 0. The van der Waals surface area contributed by atoms with E-state index in [9.17, 15) is 4.79 Å². The number of nitrogen functional groups attached to an aromatic ring is 1. The molecule has 0 fully saturated rings. The van der Waals surface area contributed by atoms with Gasteiger partial charge in [-0.05, 0) is 60.5 Å². The molecule has 1 heterocycles. The number of anilines is 2. The van der Waals surface area contributed by atoms with Gasteiger partial charge in [0.25, 0.3) is 5.91 Å². The lowest BCUT2D eigenvalue weighted by molar-refractivity contribution is 0.102. The number of nitrogens with zero attached hydrogens (tertiary/aromatic N) is 1. The second kappa shape index (κ2) is 10.9. The number of benzene rings is 4. The topological polar surface area (TPSA) is 77.2 Å². The number of carbonyl (C=O) groups is 1. The number of halogens is 1. The first kappa shape index (κ1) is 24.8. The van der Waals surface area contributed by atoms with Crippen molar-refractivity contribution in [3.05, 3.63) is 120 Å². The van der Waals surface area contributed by atoms with Gasteiger partial charge in [-0.3, -0.25) is 9.78 Å². The number of aromatic nitrogens is 1. The van der Waals surface area contributed by atoms with Gasteiger partial charge in [0, 0.05) is 33.6 Å². The molecule has 0 saturated carbocycles. The van der Waals surface area contributed by atoms with E-state index in [0.29, 0.717) is 16.9 Å². The monoisotopic (exact) mass is 495 g/mol. The number of hydrogen-bond acceptors (Lipinski definition) is 4. The van der Waals surface area contributed by atoms with Crippen LogP contribution >= 0.6 is 12.4 Å². The van der Waals surface area contributed by atoms with Gasteiger partial charge in [-0.2, -0.15) is 0 Å². The molecule has 4 aromatic carbocycles. The van der Waals surface area contributed by atoms with Crippen LogP contribution in [-0.4, -0.2) is 10.9 Å². The van der Waals surface area contributed by atoms with E-state index in [1.54, 1.807) is 6.07 Å². The highest BCUT2D eigenvalue weighted by Crippen LogP contribution is 2.26. The van der Waals surface area contributed by atoms with Crippen molar-refractivity contribution >= 4 is 40.6 Å². The fraction of sp³-hybridized carbons (Fsp3) is 0.0667. The van der Waals surface area contributed by atoms with Gasteiger partial charge in [-0.1, -0.05) is 60.7 Å². The van der Waals surface area contributed by atoms with E-state index in [2.05, 4.69) is 22.4 Å². The SMILES string of the molecule is Cc1cc(N)c2cc(NC(=O)c3ccccc3COc3ccc(-c4ccccc4)cc3)ccc2n1.Cl. The highest BCUT2D eigenvalue weighted by Gasteiger charge is 2.13. The van der Waals surface area contributed by atoms with E-state index in [-0.39, 0.29) is 24.9 Å². The molecular weight excluding hydrogens is 470 g/mol. The fourth-order valence-electron chi connectivity index (χ4n) is 4.07. The van der Waals surface area contributed by atoms with Crippen molar-refractivity contribution in [3.63, 3.8) is 0 Å². The largest absolute Gasteiger partial charge is 0.489 e. The molecule has 5 rings (SSSR count). The van der Waals surface area contributed by atoms with Crippen molar-refractivity contribution in [2.24, 2.45) is 0 Å². The molecule has 180 valence electrons. The zero-order valence-electron chi connectivity index (χ0n) is 19.8. The molecule has 5 aromatic rings. The highest BCUT2D eigenvalue weighted by molar-refractivity contribution is 6.06. The van der Waals surface area contributed by atoms with Gasteiger partial charge in [0.2, 0.25) is 0 Å². The van der Waals surface area contributed by atoms with Crippen molar-refractivity contribution in [2.75, 3.05) is 11.1 Å². The Bertz CT molecular complexity index is 1500. The molecule has 6 heteroatoms. The molecule has 0 aliphatic heterocycles. The van der Waals surface area contributed by atoms with E-state index in [1.807, 2.05) is 91.9 Å². The molecular formula is C30H26ClN3O2. The zero-order valence-corrected chi connectivity index (χ0v) is 20.6. The van der Waals surface area contributed by atoms with Crippen LogP contribution in [0.4, 0.5) is 11.4 Å².